The van der Waals surface area contributed by atoms with E-state index in [2.05, 4.69) is 21.2 Å². The summed E-state index contributed by atoms with van der Waals surface area (Å²) < 4.78 is 11.7. The highest BCUT2D eigenvalue weighted by Crippen LogP contribution is 2.37. The van der Waals surface area contributed by atoms with Gasteiger partial charge in [-0.25, -0.2) is 9.69 Å². The number of methoxy groups -OCH3 is 1. The van der Waals surface area contributed by atoms with Gasteiger partial charge in [0.05, 0.1) is 23.9 Å². The normalized spacial score (nSPS) is 15.3. The number of urea groups is 1. The lowest BCUT2D eigenvalue weighted by atomic mass is 10.1. The summed E-state index contributed by atoms with van der Waals surface area (Å²) >= 11 is 9.58. The molecule has 1 aliphatic heterocycles. The second kappa shape index (κ2) is 9.53. The molecule has 1 saturated heterocycles. The SMILES string of the molecule is CCCOc1c(Br)cc(/C=C2\C(=O)NC(=O)N(c3ccc(C)c(Cl)c3)C2=O)cc1OC. The van der Waals surface area contributed by atoms with Crippen LogP contribution in [0.25, 0.3) is 6.08 Å². The number of nitrogens with zero attached hydrogens (tertiary/aromatic N) is 1. The first-order valence-corrected chi connectivity index (χ1v) is 10.6. The van der Waals surface area contributed by atoms with Gasteiger partial charge in [-0.2, -0.15) is 0 Å². The molecule has 1 N–H and O–H groups in total. The minimum absolute atomic E-state index is 0.201. The first-order chi connectivity index (χ1) is 14.8. The van der Waals surface area contributed by atoms with Crippen molar-refractivity contribution in [1.29, 1.82) is 0 Å². The zero-order valence-electron chi connectivity index (χ0n) is 17.1. The second-order valence-electron chi connectivity index (χ2n) is 6.77. The Morgan fingerprint density at radius 2 is 1.94 bits per heavy atom. The zero-order chi connectivity index (χ0) is 22.7. The van der Waals surface area contributed by atoms with Crippen LogP contribution in [0.1, 0.15) is 24.5 Å². The van der Waals surface area contributed by atoms with E-state index in [1.807, 2.05) is 6.92 Å². The quantitative estimate of drug-likeness (QED) is 0.445. The fraction of sp³-hybridized carbons (Fsp3) is 0.227. The summed E-state index contributed by atoms with van der Waals surface area (Å²) in [5.74, 6) is -0.574. The van der Waals surface area contributed by atoms with Crippen LogP contribution in [0, 0.1) is 6.92 Å². The average Bonchev–Trinajstić information content (AvgIpc) is 2.72. The molecule has 1 heterocycles. The van der Waals surface area contributed by atoms with Crippen LogP contribution in [0.15, 0.2) is 40.4 Å². The van der Waals surface area contributed by atoms with E-state index in [1.165, 1.54) is 19.3 Å². The Balaban J connectivity index is 2.01. The van der Waals surface area contributed by atoms with Crippen molar-refractivity contribution in [1.82, 2.24) is 5.32 Å². The van der Waals surface area contributed by atoms with Gasteiger partial charge < -0.3 is 9.47 Å². The molecule has 0 saturated carbocycles. The fourth-order valence-corrected chi connectivity index (χ4v) is 3.70. The van der Waals surface area contributed by atoms with Gasteiger partial charge >= 0.3 is 6.03 Å². The summed E-state index contributed by atoms with van der Waals surface area (Å²) in [7, 11) is 1.50. The van der Waals surface area contributed by atoms with Crippen LogP contribution in [0.3, 0.4) is 0 Å². The molecule has 0 radical (unpaired) electrons. The van der Waals surface area contributed by atoms with Crippen LogP contribution >= 0.6 is 27.5 Å². The molecule has 0 aromatic heterocycles. The molecular weight excluding hydrogens is 488 g/mol. The molecule has 0 aliphatic carbocycles. The average molecular weight is 508 g/mol. The van der Waals surface area contributed by atoms with Crippen molar-refractivity contribution in [2.24, 2.45) is 0 Å². The Labute approximate surface area is 193 Å². The van der Waals surface area contributed by atoms with Crippen molar-refractivity contribution >= 4 is 57.1 Å². The molecule has 0 unspecified atom stereocenters. The Morgan fingerprint density at radius 1 is 1.19 bits per heavy atom. The topological polar surface area (TPSA) is 84.9 Å². The second-order valence-corrected chi connectivity index (χ2v) is 8.04. The maximum Gasteiger partial charge on any atom is 0.335 e. The number of hydrogen-bond donors (Lipinski definition) is 1. The van der Waals surface area contributed by atoms with E-state index in [9.17, 15) is 14.4 Å². The van der Waals surface area contributed by atoms with Gasteiger partial charge in [-0.3, -0.25) is 14.9 Å². The number of imide groups is 2. The monoisotopic (exact) mass is 506 g/mol. The predicted molar refractivity (Wildman–Crippen MR) is 122 cm³/mol. The number of amides is 4. The third-order valence-electron chi connectivity index (χ3n) is 4.53. The minimum atomic E-state index is -0.839. The van der Waals surface area contributed by atoms with Gasteiger partial charge in [0.2, 0.25) is 0 Å². The van der Waals surface area contributed by atoms with Crippen LogP contribution in [0.2, 0.25) is 5.02 Å². The van der Waals surface area contributed by atoms with Crippen molar-refractivity contribution in [3.8, 4) is 11.5 Å². The molecule has 4 amide bonds. The summed E-state index contributed by atoms with van der Waals surface area (Å²) in [5, 5.41) is 2.59. The number of rotatable bonds is 6. The van der Waals surface area contributed by atoms with Crippen molar-refractivity contribution in [3.63, 3.8) is 0 Å². The van der Waals surface area contributed by atoms with Gasteiger partial charge in [0, 0.05) is 5.02 Å². The Morgan fingerprint density at radius 3 is 2.58 bits per heavy atom. The van der Waals surface area contributed by atoms with E-state index in [4.69, 9.17) is 21.1 Å². The fourth-order valence-electron chi connectivity index (χ4n) is 2.95. The molecule has 9 heteroatoms. The number of ether oxygens (including phenoxy) is 2. The van der Waals surface area contributed by atoms with E-state index in [1.54, 1.807) is 31.2 Å². The molecule has 0 bridgehead atoms. The molecule has 0 atom stereocenters. The highest BCUT2D eigenvalue weighted by atomic mass is 79.9. The predicted octanol–water partition coefficient (Wildman–Crippen LogP) is 4.87. The minimum Gasteiger partial charge on any atom is -0.493 e. The van der Waals surface area contributed by atoms with E-state index in [-0.39, 0.29) is 11.3 Å². The third kappa shape index (κ3) is 4.75. The van der Waals surface area contributed by atoms with E-state index in [0.717, 1.165) is 16.9 Å². The van der Waals surface area contributed by atoms with Crippen molar-refractivity contribution in [2.45, 2.75) is 20.3 Å². The van der Waals surface area contributed by atoms with Crippen LogP contribution in [-0.2, 0) is 9.59 Å². The maximum absolute atomic E-state index is 13.1. The van der Waals surface area contributed by atoms with Gasteiger partial charge in [-0.15, -0.1) is 0 Å². The molecular formula is C22H20BrClN2O5. The number of carbonyl (C=O) groups excluding carboxylic acids is 3. The number of hydrogen-bond acceptors (Lipinski definition) is 5. The van der Waals surface area contributed by atoms with Gasteiger partial charge in [0.1, 0.15) is 5.57 Å². The largest absolute Gasteiger partial charge is 0.493 e. The number of barbiturate groups is 1. The summed E-state index contributed by atoms with van der Waals surface area (Å²) in [5.41, 5.74) is 1.37. The molecule has 2 aromatic carbocycles. The van der Waals surface area contributed by atoms with Crippen molar-refractivity contribution in [2.75, 3.05) is 18.6 Å². The zero-order valence-corrected chi connectivity index (χ0v) is 19.5. The lowest BCUT2D eigenvalue weighted by Crippen LogP contribution is -2.54. The summed E-state index contributed by atoms with van der Waals surface area (Å²) in [4.78, 5) is 38.7. The van der Waals surface area contributed by atoms with E-state index < -0.39 is 17.8 Å². The standard InChI is InChI=1S/C22H20BrClN2O5/c1-4-7-31-19-16(23)9-13(10-18(19)30-3)8-15-20(27)25-22(29)26(21(15)28)14-6-5-12(2)17(24)11-14/h5-6,8-11H,4,7H2,1-3H3,(H,25,27,29)/b15-8+. The molecule has 1 aliphatic rings. The molecule has 31 heavy (non-hydrogen) atoms. The Bertz CT molecular complexity index is 1100. The summed E-state index contributed by atoms with van der Waals surface area (Å²) in [6.45, 7) is 4.30. The molecule has 0 spiro atoms. The van der Waals surface area contributed by atoms with Crippen LogP contribution in [0.4, 0.5) is 10.5 Å². The molecule has 2 aromatic rings. The van der Waals surface area contributed by atoms with Gasteiger partial charge in [0.25, 0.3) is 11.8 Å². The molecule has 7 nitrogen and oxygen atoms in total. The third-order valence-corrected chi connectivity index (χ3v) is 5.52. The van der Waals surface area contributed by atoms with Gasteiger partial charge in [-0.1, -0.05) is 24.6 Å². The smallest absolute Gasteiger partial charge is 0.335 e. The highest BCUT2D eigenvalue weighted by Gasteiger charge is 2.37. The number of anilines is 1. The van der Waals surface area contributed by atoms with Crippen molar-refractivity contribution in [3.05, 3.63) is 56.5 Å². The number of nitrogens with one attached hydrogen (secondary N) is 1. The lowest BCUT2D eigenvalue weighted by molar-refractivity contribution is -0.122. The van der Waals surface area contributed by atoms with E-state index >= 15 is 0 Å². The Hall–Kier alpha value is -2.84. The van der Waals surface area contributed by atoms with Gasteiger partial charge in [-0.05, 0) is 70.7 Å². The van der Waals surface area contributed by atoms with Crippen LogP contribution in [0.5, 0.6) is 11.5 Å². The first-order valence-electron chi connectivity index (χ1n) is 9.44. The number of benzene rings is 2. The van der Waals surface area contributed by atoms with Crippen molar-refractivity contribution < 1.29 is 23.9 Å². The molecule has 1 fully saturated rings. The number of carbonyl (C=O) groups is 3. The summed E-state index contributed by atoms with van der Waals surface area (Å²) in [6, 6.07) is 7.29. The highest BCUT2D eigenvalue weighted by molar-refractivity contribution is 9.10. The van der Waals surface area contributed by atoms with Gasteiger partial charge in [0.15, 0.2) is 11.5 Å². The molecule has 162 valence electrons. The lowest BCUT2D eigenvalue weighted by Gasteiger charge is -2.26. The summed E-state index contributed by atoms with van der Waals surface area (Å²) in [6.07, 6.45) is 2.22. The molecule has 3 rings (SSSR count). The Kier molecular flexibility index (Phi) is 7.02. The first kappa shape index (κ1) is 22.8. The van der Waals surface area contributed by atoms with Crippen LogP contribution < -0.4 is 19.7 Å². The number of halogens is 2. The number of aryl methyl sites for hydroxylation is 1. The van der Waals surface area contributed by atoms with E-state index in [0.29, 0.717) is 33.2 Å². The van der Waals surface area contributed by atoms with Crippen LogP contribution in [-0.4, -0.2) is 31.6 Å². The maximum atomic E-state index is 13.1.